The van der Waals surface area contributed by atoms with Crippen LogP contribution < -0.4 is 0 Å². The van der Waals surface area contributed by atoms with Crippen LogP contribution in [0.2, 0.25) is 0 Å². The molecule has 0 bridgehead atoms. The monoisotopic (exact) mass is 498 g/mol. The number of rotatable bonds is 4. The Labute approximate surface area is 226 Å². The fraction of sp³-hybridized carbons (Fsp3) is 0. The number of hydrogen-bond donors (Lipinski definition) is 0. The van der Waals surface area contributed by atoms with Gasteiger partial charge in [0.25, 0.3) is 0 Å². The zero-order chi connectivity index (χ0) is 26.2. The van der Waals surface area contributed by atoms with Gasteiger partial charge in [-0.25, -0.2) is 0 Å². The highest BCUT2D eigenvalue weighted by molar-refractivity contribution is 6.13. The van der Waals surface area contributed by atoms with Gasteiger partial charge in [-0.15, -0.1) is 0 Å². The Morgan fingerprint density at radius 1 is 0.487 bits per heavy atom. The van der Waals surface area contributed by atoms with Crippen LogP contribution >= 0.6 is 0 Å². The molecule has 3 nitrogen and oxygen atoms in total. The van der Waals surface area contributed by atoms with Gasteiger partial charge in [-0.05, 0) is 23.3 Å². The molecule has 0 saturated heterocycles. The fourth-order valence-electron chi connectivity index (χ4n) is 5.36. The van der Waals surface area contributed by atoms with Crippen LogP contribution in [0.4, 0.5) is 0 Å². The first-order chi connectivity index (χ1) is 19.3. The van der Waals surface area contributed by atoms with E-state index in [1.807, 2.05) is 60.8 Å². The molecule has 0 saturated carbocycles. The zero-order valence-corrected chi connectivity index (χ0v) is 21.0. The lowest BCUT2D eigenvalue weighted by Crippen LogP contribution is -1.88. The van der Waals surface area contributed by atoms with E-state index in [1.165, 1.54) is 0 Å². The standard InChI is InChI=1S/C36H22N2O/c37-22-25-12-4-5-13-27(25)30-16-8-18-32-33-19-9-17-31(36(33)39-35(30)32)29-15-7-6-14-28(29)26-20-21-34(38-23-26)24-10-2-1-3-11-24/h1-21,23H. The van der Waals surface area contributed by atoms with E-state index in [9.17, 15) is 5.26 Å². The third-order valence-corrected chi connectivity index (χ3v) is 7.22. The molecule has 5 aromatic carbocycles. The third kappa shape index (κ3) is 3.87. The number of aromatic nitrogens is 1. The molecule has 0 radical (unpaired) electrons. The predicted octanol–water partition coefficient (Wildman–Crippen LogP) is 9.52. The van der Waals surface area contributed by atoms with Crippen molar-refractivity contribution >= 4 is 21.9 Å². The van der Waals surface area contributed by atoms with E-state index in [-0.39, 0.29) is 0 Å². The summed E-state index contributed by atoms with van der Waals surface area (Å²) in [5, 5.41) is 11.8. The number of nitrogens with zero attached hydrogens (tertiary/aromatic N) is 2. The van der Waals surface area contributed by atoms with Crippen LogP contribution in [0.5, 0.6) is 0 Å². The normalized spacial score (nSPS) is 11.1. The summed E-state index contributed by atoms with van der Waals surface area (Å²) in [5.41, 5.74) is 10.3. The van der Waals surface area contributed by atoms with Gasteiger partial charge in [0.1, 0.15) is 11.2 Å². The van der Waals surface area contributed by atoms with E-state index in [1.54, 1.807) is 0 Å². The Morgan fingerprint density at radius 2 is 1.08 bits per heavy atom. The Bertz CT molecular complexity index is 2010. The molecular formula is C36H22N2O. The number of para-hydroxylation sites is 2. The van der Waals surface area contributed by atoms with Gasteiger partial charge in [0.15, 0.2) is 0 Å². The lowest BCUT2D eigenvalue weighted by Gasteiger charge is -2.11. The second-order valence-electron chi connectivity index (χ2n) is 9.47. The van der Waals surface area contributed by atoms with Crippen LogP contribution in [0.15, 0.2) is 138 Å². The third-order valence-electron chi connectivity index (χ3n) is 7.22. The Hall–Kier alpha value is -5.46. The molecule has 39 heavy (non-hydrogen) atoms. The van der Waals surface area contributed by atoms with Crippen molar-refractivity contribution in [1.29, 1.82) is 5.26 Å². The number of fused-ring (bicyclic) bond motifs is 3. The topological polar surface area (TPSA) is 49.8 Å². The van der Waals surface area contributed by atoms with E-state index >= 15 is 0 Å². The van der Waals surface area contributed by atoms with Gasteiger partial charge in [-0.2, -0.15) is 5.26 Å². The SMILES string of the molecule is N#Cc1ccccc1-c1cccc2c1oc1c(-c3ccccc3-c3ccc(-c4ccccc4)nc3)cccc12. The van der Waals surface area contributed by atoms with Crippen molar-refractivity contribution in [2.75, 3.05) is 0 Å². The maximum absolute atomic E-state index is 9.72. The molecule has 0 aliphatic carbocycles. The van der Waals surface area contributed by atoms with Crippen molar-refractivity contribution in [3.8, 4) is 50.7 Å². The smallest absolute Gasteiger partial charge is 0.143 e. The second-order valence-corrected chi connectivity index (χ2v) is 9.47. The maximum Gasteiger partial charge on any atom is 0.143 e. The molecule has 7 rings (SSSR count). The van der Waals surface area contributed by atoms with Crippen LogP contribution in [-0.2, 0) is 0 Å². The lowest BCUT2D eigenvalue weighted by molar-refractivity contribution is 0.671. The summed E-state index contributed by atoms with van der Waals surface area (Å²) in [4.78, 5) is 4.77. The van der Waals surface area contributed by atoms with Gasteiger partial charge in [0.05, 0.1) is 17.3 Å². The summed E-state index contributed by atoms with van der Waals surface area (Å²) in [5.74, 6) is 0. The van der Waals surface area contributed by atoms with Crippen molar-refractivity contribution < 1.29 is 4.42 Å². The summed E-state index contributed by atoms with van der Waals surface area (Å²) in [6.45, 7) is 0. The number of benzene rings is 5. The van der Waals surface area contributed by atoms with Gasteiger partial charge in [0.2, 0.25) is 0 Å². The van der Waals surface area contributed by atoms with Crippen LogP contribution in [-0.4, -0.2) is 4.98 Å². The number of pyridine rings is 1. The highest BCUT2D eigenvalue weighted by Crippen LogP contribution is 2.42. The molecule has 0 unspecified atom stereocenters. The predicted molar refractivity (Wildman–Crippen MR) is 158 cm³/mol. The van der Waals surface area contributed by atoms with Gasteiger partial charge in [-0.1, -0.05) is 115 Å². The molecular weight excluding hydrogens is 476 g/mol. The quantitative estimate of drug-likeness (QED) is 0.243. The van der Waals surface area contributed by atoms with Crippen molar-refractivity contribution in [2.45, 2.75) is 0 Å². The van der Waals surface area contributed by atoms with E-state index < -0.39 is 0 Å². The minimum Gasteiger partial charge on any atom is -0.455 e. The molecule has 0 amide bonds. The Morgan fingerprint density at radius 3 is 1.74 bits per heavy atom. The second kappa shape index (κ2) is 9.45. The van der Waals surface area contributed by atoms with Crippen LogP contribution in [0.1, 0.15) is 5.56 Å². The largest absolute Gasteiger partial charge is 0.455 e. The Balaban J connectivity index is 1.40. The van der Waals surface area contributed by atoms with Crippen molar-refractivity contribution in [2.24, 2.45) is 0 Å². The maximum atomic E-state index is 9.72. The summed E-state index contributed by atoms with van der Waals surface area (Å²) in [6, 6.07) is 45.2. The molecule has 2 heterocycles. The molecule has 0 aliphatic rings. The zero-order valence-electron chi connectivity index (χ0n) is 21.0. The summed E-state index contributed by atoms with van der Waals surface area (Å²) >= 11 is 0. The first-order valence-electron chi connectivity index (χ1n) is 12.9. The summed E-state index contributed by atoms with van der Waals surface area (Å²) < 4.78 is 6.67. The van der Waals surface area contributed by atoms with E-state index in [0.717, 1.165) is 66.6 Å². The number of furan rings is 1. The van der Waals surface area contributed by atoms with E-state index in [2.05, 4.69) is 78.9 Å². The average molecular weight is 499 g/mol. The molecule has 2 aromatic heterocycles. The highest BCUT2D eigenvalue weighted by atomic mass is 16.3. The minimum atomic E-state index is 0.627. The first-order valence-corrected chi connectivity index (χ1v) is 12.9. The fourth-order valence-corrected chi connectivity index (χ4v) is 5.36. The molecule has 0 N–H and O–H groups in total. The highest BCUT2D eigenvalue weighted by Gasteiger charge is 2.18. The van der Waals surface area contributed by atoms with Crippen molar-refractivity contribution in [1.82, 2.24) is 4.98 Å². The number of nitriles is 1. The van der Waals surface area contributed by atoms with Gasteiger partial charge < -0.3 is 4.42 Å². The lowest BCUT2D eigenvalue weighted by atomic mass is 9.93. The van der Waals surface area contributed by atoms with Crippen LogP contribution in [0.25, 0.3) is 66.6 Å². The van der Waals surface area contributed by atoms with E-state index in [4.69, 9.17) is 9.40 Å². The minimum absolute atomic E-state index is 0.627. The molecule has 182 valence electrons. The van der Waals surface area contributed by atoms with Gasteiger partial charge in [-0.3, -0.25) is 4.98 Å². The molecule has 3 heteroatoms. The van der Waals surface area contributed by atoms with E-state index in [0.29, 0.717) is 5.56 Å². The molecule has 7 aromatic rings. The van der Waals surface area contributed by atoms with Gasteiger partial charge >= 0.3 is 0 Å². The average Bonchev–Trinajstić information content (AvgIpc) is 3.41. The summed E-state index contributed by atoms with van der Waals surface area (Å²) in [6.07, 6.45) is 1.94. The molecule has 0 spiro atoms. The van der Waals surface area contributed by atoms with Crippen molar-refractivity contribution in [3.05, 3.63) is 139 Å². The van der Waals surface area contributed by atoms with Crippen LogP contribution in [0, 0.1) is 11.3 Å². The molecule has 0 aliphatic heterocycles. The van der Waals surface area contributed by atoms with Crippen LogP contribution in [0.3, 0.4) is 0 Å². The van der Waals surface area contributed by atoms with Gasteiger partial charge in [0, 0.05) is 44.8 Å². The molecule has 0 fully saturated rings. The molecule has 0 atom stereocenters. The Kier molecular flexibility index (Phi) is 5.50. The summed E-state index contributed by atoms with van der Waals surface area (Å²) in [7, 11) is 0. The first kappa shape index (κ1) is 22.7. The number of hydrogen-bond acceptors (Lipinski definition) is 3. The van der Waals surface area contributed by atoms with Crippen molar-refractivity contribution in [3.63, 3.8) is 0 Å².